The number of H-pyrrole nitrogens is 1. The Morgan fingerprint density at radius 2 is 2.00 bits per heavy atom. The van der Waals surface area contributed by atoms with E-state index in [0.29, 0.717) is 24.6 Å². The molecule has 0 aliphatic carbocycles. The zero-order valence-electron chi connectivity index (χ0n) is 9.98. The lowest BCUT2D eigenvalue weighted by Gasteiger charge is -2.28. The highest BCUT2D eigenvalue weighted by molar-refractivity contribution is 5.84. The Bertz CT molecular complexity index is 630. The average molecular weight is 245 g/mol. The molecule has 1 aromatic carbocycles. The third-order valence-corrected chi connectivity index (χ3v) is 3.20. The van der Waals surface area contributed by atoms with E-state index in [4.69, 9.17) is 10.5 Å². The molecule has 3 N–H and O–H groups in total. The molecule has 5 nitrogen and oxygen atoms in total. The number of nitrogens with two attached hydrogens (primary N) is 1. The lowest BCUT2D eigenvalue weighted by atomic mass is 10.2. The van der Waals surface area contributed by atoms with E-state index in [1.807, 2.05) is 23.1 Å². The summed E-state index contributed by atoms with van der Waals surface area (Å²) in [5, 5.41) is 0.955. The van der Waals surface area contributed by atoms with Crippen LogP contribution in [0.25, 0.3) is 10.9 Å². The molecule has 2 aromatic rings. The molecule has 0 atom stereocenters. The number of hydrogen-bond donors (Lipinski definition) is 2. The van der Waals surface area contributed by atoms with Crippen molar-refractivity contribution in [3.8, 4) is 0 Å². The summed E-state index contributed by atoms with van der Waals surface area (Å²) in [6.45, 7) is 2.82. The maximum Gasteiger partial charge on any atom is 0.271 e. The van der Waals surface area contributed by atoms with Crippen molar-refractivity contribution < 1.29 is 4.74 Å². The lowest BCUT2D eigenvalue weighted by Crippen LogP contribution is -2.39. The summed E-state index contributed by atoms with van der Waals surface area (Å²) in [7, 11) is 0. The Morgan fingerprint density at radius 1 is 1.22 bits per heavy atom. The third-order valence-electron chi connectivity index (χ3n) is 3.20. The van der Waals surface area contributed by atoms with E-state index in [1.54, 1.807) is 6.07 Å². The van der Waals surface area contributed by atoms with E-state index < -0.39 is 0 Å². The number of fused-ring (bicyclic) bond motifs is 1. The molecule has 0 spiro atoms. The maximum atomic E-state index is 12.0. The third kappa shape index (κ3) is 1.93. The Balaban J connectivity index is 2.10. The molecule has 1 saturated heterocycles. The summed E-state index contributed by atoms with van der Waals surface area (Å²) < 4.78 is 5.29. The van der Waals surface area contributed by atoms with E-state index in [0.717, 1.165) is 24.0 Å². The van der Waals surface area contributed by atoms with Gasteiger partial charge in [-0.15, -0.1) is 0 Å². The van der Waals surface area contributed by atoms with Gasteiger partial charge in [0.05, 0.1) is 13.2 Å². The molecule has 0 bridgehead atoms. The molecule has 1 fully saturated rings. The molecule has 1 aliphatic rings. The van der Waals surface area contributed by atoms with Gasteiger partial charge in [-0.1, -0.05) is 0 Å². The van der Waals surface area contributed by atoms with E-state index in [-0.39, 0.29) is 5.56 Å². The van der Waals surface area contributed by atoms with Crippen LogP contribution in [-0.4, -0.2) is 31.3 Å². The van der Waals surface area contributed by atoms with Crippen LogP contribution in [0.15, 0.2) is 29.1 Å². The van der Waals surface area contributed by atoms with E-state index >= 15 is 0 Å². The fraction of sp³-hybridized carbons (Fsp3) is 0.308. The van der Waals surface area contributed by atoms with Gasteiger partial charge in [0.1, 0.15) is 5.69 Å². The van der Waals surface area contributed by atoms with Crippen LogP contribution in [0.1, 0.15) is 0 Å². The first-order valence-corrected chi connectivity index (χ1v) is 5.99. The zero-order valence-corrected chi connectivity index (χ0v) is 9.98. The van der Waals surface area contributed by atoms with E-state index in [1.165, 1.54) is 0 Å². The van der Waals surface area contributed by atoms with Gasteiger partial charge in [0.25, 0.3) is 5.56 Å². The largest absolute Gasteiger partial charge is 0.399 e. The summed E-state index contributed by atoms with van der Waals surface area (Å²) in [5.41, 5.74) is 7.90. The van der Waals surface area contributed by atoms with Crippen LogP contribution in [0.3, 0.4) is 0 Å². The quantitative estimate of drug-likeness (QED) is 0.734. The van der Waals surface area contributed by atoms with Crippen molar-refractivity contribution in [2.24, 2.45) is 0 Å². The number of ether oxygens (including phenoxy) is 1. The van der Waals surface area contributed by atoms with E-state index in [9.17, 15) is 4.79 Å². The monoisotopic (exact) mass is 245 g/mol. The number of aromatic amines is 1. The molecule has 2 heterocycles. The van der Waals surface area contributed by atoms with Crippen molar-refractivity contribution in [3.05, 3.63) is 34.6 Å². The maximum absolute atomic E-state index is 12.0. The highest BCUT2D eigenvalue weighted by Gasteiger charge is 2.14. The number of nitrogens with one attached hydrogen (secondary N) is 1. The van der Waals surface area contributed by atoms with Crippen LogP contribution in [0.5, 0.6) is 0 Å². The van der Waals surface area contributed by atoms with Crippen molar-refractivity contribution in [2.45, 2.75) is 0 Å². The first-order chi connectivity index (χ1) is 8.74. The van der Waals surface area contributed by atoms with Crippen molar-refractivity contribution >= 4 is 22.3 Å². The summed E-state index contributed by atoms with van der Waals surface area (Å²) in [6.07, 6.45) is 0. The van der Waals surface area contributed by atoms with Crippen LogP contribution >= 0.6 is 0 Å². The molecule has 3 rings (SSSR count). The smallest absolute Gasteiger partial charge is 0.271 e. The number of nitrogen functional groups attached to an aromatic ring is 1. The molecule has 0 radical (unpaired) electrons. The van der Waals surface area contributed by atoms with Crippen molar-refractivity contribution in [1.82, 2.24) is 4.98 Å². The molecule has 5 heteroatoms. The molecular weight excluding hydrogens is 230 g/mol. The fourth-order valence-corrected chi connectivity index (χ4v) is 2.25. The number of anilines is 2. The molecule has 94 valence electrons. The second-order valence-electron chi connectivity index (χ2n) is 4.43. The normalized spacial score (nSPS) is 16.1. The summed E-state index contributed by atoms with van der Waals surface area (Å²) >= 11 is 0. The number of morpholine rings is 1. The number of hydrogen-bond acceptors (Lipinski definition) is 4. The topological polar surface area (TPSA) is 71.4 Å². The van der Waals surface area contributed by atoms with Gasteiger partial charge < -0.3 is 20.4 Å². The average Bonchev–Trinajstić information content (AvgIpc) is 2.39. The highest BCUT2D eigenvalue weighted by Crippen LogP contribution is 2.19. The van der Waals surface area contributed by atoms with Gasteiger partial charge in [-0.25, -0.2) is 0 Å². The van der Waals surface area contributed by atoms with Crippen LogP contribution in [0.4, 0.5) is 11.4 Å². The molecule has 1 aromatic heterocycles. The minimum atomic E-state index is -0.0610. The standard InChI is InChI=1S/C13H15N3O2/c14-10-1-2-11-9(7-10)8-12(13(17)15-11)16-3-5-18-6-4-16/h1-2,7-8H,3-6,14H2,(H,15,17). The summed E-state index contributed by atoms with van der Waals surface area (Å²) in [6, 6.07) is 7.38. The highest BCUT2D eigenvalue weighted by atomic mass is 16.5. The lowest BCUT2D eigenvalue weighted by molar-refractivity contribution is 0.122. The molecule has 18 heavy (non-hydrogen) atoms. The molecule has 0 unspecified atom stereocenters. The number of pyridine rings is 1. The predicted octanol–water partition coefficient (Wildman–Crippen LogP) is 0.947. The van der Waals surface area contributed by atoms with Crippen molar-refractivity contribution in [1.29, 1.82) is 0 Å². The fourth-order valence-electron chi connectivity index (χ4n) is 2.25. The summed E-state index contributed by atoms with van der Waals surface area (Å²) in [5.74, 6) is 0. The minimum absolute atomic E-state index is 0.0610. The SMILES string of the molecule is Nc1ccc2[nH]c(=O)c(N3CCOCC3)cc2c1. The molecular formula is C13H15N3O2. The van der Waals surface area contributed by atoms with Gasteiger partial charge in [-0.05, 0) is 24.3 Å². The van der Waals surface area contributed by atoms with Gasteiger partial charge in [0, 0.05) is 29.7 Å². The van der Waals surface area contributed by atoms with Crippen LogP contribution in [-0.2, 0) is 4.74 Å². The predicted molar refractivity (Wildman–Crippen MR) is 72.0 cm³/mol. The van der Waals surface area contributed by atoms with Gasteiger partial charge >= 0.3 is 0 Å². The molecule has 1 aliphatic heterocycles. The minimum Gasteiger partial charge on any atom is -0.399 e. The number of aromatic nitrogens is 1. The van der Waals surface area contributed by atoms with E-state index in [2.05, 4.69) is 4.98 Å². The van der Waals surface area contributed by atoms with Gasteiger partial charge in [0.2, 0.25) is 0 Å². The Kier molecular flexibility index (Phi) is 2.68. The van der Waals surface area contributed by atoms with Crippen LogP contribution < -0.4 is 16.2 Å². The number of benzene rings is 1. The first-order valence-electron chi connectivity index (χ1n) is 5.99. The second-order valence-corrected chi connectivity index (χ2v) is 4.43. The first kappa shape index (κ1) is 11.1. The summed E-state index contributed by atoms with van der Waals surface area (Å²) in [4.78, 5) is 17.0. The number of rotatable bonds is 1. The Morgan fingerprint density at radius 3 is 2.78 bits per heavy atom. The van der Waals surface area contributed by atoms with Crippen LogP contribution in [0.2, 0.25) is 0 Å². The number of nitrogens with zero attached hydrogens (tertiary/aromatic N) is 1. The van der Waals surface area contributed by atoms with Crippen molar-refractivity contribution in [3.63, 3.8) is 0 Å². The Labute approximate surface area is 104 Å². The van der Waals surface area contributed by atoms with Gasteiger partial charge in [0.15, 0.2) is 0 Å². The molecule has 0 saturated carbocycles. The second kappa shape index (κ2) is 4.34. The Hall–Kier alpha value is -2.01. The zero-order chi connectivity index (χ0) is 12.5. The van der Waals surface area contributed by atoms with Gasteiger partial charge in [-0.2, -0.15) is 0 Å². The van der Waals surface area contributed by atoms with Gasteiger partial charge in [-0.3, -0.25) is 4.79 Å². The van der Waals surface area contributed by atoms with Crippen molar-refractivity contribution in [2.75, 3.05) is 36.9 Å². The van der Waals surface area contributed by atoms with Crippen LogP contribution in [0, 0.1) is 0 Å². The molecule has 0 amide bonds.